The van der Waals surface area contributed by atoms with Crippen molar-refractivity contribution in [3.63, 3.8) is 0 Å². The molecule has 0 unspecified atom stereocenters. The highest BCUT2D eigenvalue weighted by atomic mass is 16.5. The first-order chi connectivity index (χ1) is 13.3. The lowest BCUT2D eigenvalue weighted by atomic mass is 10.1. The Morgan fingerprint density at radius 2 is 1.19 bits per heavy atom. The maximum absolute atomic E-state index is 10.8. The monoisotopic (exact) mass is 368 g/mol. The quantitative estimate of drug-likeness (QED) is 0.0924. The van der Waals surface area contributed by atoms with E-state index in [-0.39, 0.29) is 0 Å². The third-order valence-corrected chi connectivity index (χ3v) is 3.79. The number of esters is 1. The molecule has 0 aliphatic carbocycles. The van der Waals surface area contributed by atoms with Crippen molar-refractivity contribution in [3.8, 4) is 0 Å². The van der Waals surface area contributed by atoms with E-state index in [9.17, 15) is 4.79 Å². The summed E-state index contributed by atoms with van der Waals surface area (Å²) in [5.74, 6) is -0.461. The summed E-state index contributed by atoms with van der Waals surface area (Å²) in [6.45, 7) is 5.57. The van der Waals surface area contributed by atoms with Crippen LogP contribution in [-0.4, -0.2) is 5.97 Å². The Kier molecular flexibility index (Phi) is 19.8. The minimum Gasteiger partial charge on any atom is -0.431 e. The standard InChI is InChI=1S/C25H36O2/c1-3-5-6-7-8-9-10-11-12-13-14-15-16-17-18-19-20-21-22-23-24-27-25(26)4-2/h4,13-24H,2-3,5-12H2,1H3/b14-13+,16-15+,18-17+,20-19+,22-21+,24-23+. The molecule has 0 heterocycles. The first-order valence-electron chi connectivity index (χ1n) is 10.1. The zero-order chi connectivity index (χ0) is 19.8. The van der Waals surface area contributed by atoms with Crippen molar-refractivity contribution in [1.29, 1.82) is 0 Å². The Hall–Kier alpha value is -2.35. The number of carbonyl (C=O) groups is 1. The minimum absolute atomic E-state index is 0.461. The van der Waals surface area contributed by atoms with Gasteiger partial charge in [-0.2, -0.15) is 0 Å². The summed E-state index contributed by atoms with van der Waals surface area (Å²) in [5, 5.41) is 0. The summed E-state index contributed by atoms with van der Waals surface area (Å²) >= 11 is 0. The Morgan fingerprint density at radius 3 is 1.74 bits per heavy atom. The van der Waals surface area contributed by atoms with Gasteiger partial charge in [-0.1, -0.05) is 119 Å². The summed E-state index contributed by atoms with van der Waals surface area (Å²) in [6.07, 6.45) is 36.1. The fraction of sp³-hybridized carbons (Fsp3) is 0.400. The third-order valence-electron chi connectivity index (χ3n) is 3.79. The molecule has 0 radical (unpaired) electrons. The number of hydrogen-bond donors (Lipinski definition) is 0. The molecule has 0 spiro atoms. The molecular weight excluding hydrogens is 332 g/mol. The van der Waals surface area contributed by atoms with Crippen LogP contribution in [0, 0.1) is 0 Å². The van der Waals surface area contributed by atoms with Crippen LogP contribution in [0.2, 0.25) is 0 Å². The molecule has 0 aromatic heterocycles. The summed E-state index contributed by atoms with van der Waals surface area (Å²) in [4.78, 5) is 10.8. The van der Waals surface area contributed by atoms with E-state index in [1.165, 1.54) is 64.0 Å². The molecule has 0 rings (SSSR count). The molecule has 0 aromatic rings. The van der Waals surface area contributed by atoms with Gasteiger partial charge >= 0.3 is 5.97 Å². The van der Waals surface area contributed by atoms with E-state index >= 15 is 0 Å². The topological polar surface area (TPSA) is 26.3 Å². The van der Waals surface area contributed by atoms with Gasteiger partial charge in [0.15, 0.2) is 0 Å². The zero-order valence-electron chi connectivity index (χ0n) is 16.9. The van der Waals surface area contributed by atoms with Crippen LogP contribution in [-0.2, 0) is 9.53 Å². The molecule has 27 heavy (non-hydrogen) atoms. The molecule has 2 heteroatoms. The molecular formula is C25H36O2. The Balaban J connectivity index is 3.59. The van der Waals surface area contributed by atoms with Crippen molar-refractivity contribution >= 4 is 5.97 Å². The van der Waals surface area contributed by atoms with Crippen molar-refractivity contribution in [3.05, 3.63) is 85.8 Å². The van der Waals surface area contributed by atoms with Crippen LogP contribution >= 0.6 is 0 Å². The molecule has 0 bridgehead atoms. The lowest BCUT2D eigenvalue weighted by Gasteiger charge is -1.99. The maximum Gasteiger partial charge on any atom is 0.334 e. The normalized spacial score (nSPS) is 12.6. The molecule has 0 saturated carbocycles. The van der Waals surface area contributed by atoms with Crippen LogP contribution in [0.25, 0.3) is 0 Å². The predicted molar refractivity (Wildman–Crippen MR) is 118 cm³/mol. The van der Waals surface area contributed by atoms with Gasteiger partial charge in [0, 0.05) is 6.08 Å². The molecule has 0 fully saturated rings. The molecule has 0 N–H and O–H groups in total. The van der Waals surface area contributed by atoms with Crippen LogP contribution in [0.3, 0.4) is 0 Å². The second kappa shape index (κ2) is 21.7. The van der Waals surface area contributed by atoms with E-state index in [1.54, 1.807) is 12.2 Å². The van der Waals surface area contributed by atoms with Crippen LogP contribution in [0.5, 0.6) is 0 Å². The lowest BCUT2D eigenvalue weighted by Crippen LogP contribution is -1.91. The lowest BCUT2D eigenvalue weighted by molar-refractivity contribution is -0.132. The van der Waals surface area contributed by atoms with E-state index in [2.05, 4.69) is 36.5 Å². The smallest absolute Gasteiger partial charge is 0.334 e. The Morgan fingerprint density at radius 1 is 0.704 bits per heavy atom. The highest BCUT2D eigenvalue weighted by Gasteiger charge is 1.90. The van der Waals surface area contributed by atoms with Gasteiger partial charge < -0.3 is 4.74 Å². The molecule has 148 valence electrons. The van der Waals surface area contributed by atoms with Crippen molar-refractivity contribution in [2.75, 3.05) is 0 Å². The molecule has 0 aliphatic rings. The summed E-state index contributed by atoms with van der Waals surface area (Å²) in [7, 11) is 0. The van der Waals surface area contributed by atoms with Gasteiger partial charge in [-0.15, -0.1) is 0 Å². The van der Waals surface area contributed by atoms with Gasteiger partial charge in [0.2, 0.25) is 0 Å². The molecule has 0 atom stereocenters. The Bertz CT molecular complexity index is 531. The summed E-state index contributed by atoms with van der Waals surface area (Å²) in [5.41, 5.74) is 0. The predicted octanol–water partition coefficient (Wildman–Crippen LogP) is 7.54. The highest BCUT2D eigenvalue weighted by molar-refractivity contribution is 5.81. The number of ether oxygens (including phenoxy) is 1. The first-order valence-corrected chi connectivity index (χ1v) is 10.1. The SMILES string of the molecule is C=CC(=O)O/C=C/C=C/C=C/C=C/C=C/C=C/CCCCCCCCCC. The average Bonchev–Trinajstić information content (AvgIpc) is 2.68. The molecule has 0 saturated heterocycles. The van der Waals surface area contributed by atoms with Crippen molar-refractivity contribution in [1.82, 2.24) is 0 Å². The first kappa shape index (κ1) is 24.7. The van der Waals surface area contributed by atoms with Gasteiger partial charge in [0.05, 0.1) is 6.26 Å². The highest BCUT2D eigenvalue weighted by Crippen LogP contribution is 2.09. The van der Waals surface area contributed by atoms with Gasteiger partial charge in [0.1, 0.15) is 0 Å². The number of carbonyl (C=O) groups excluding carboxylic acids is 1. The van der Waals surface area contributed by atoms with Crippen LogP contribution < -0.4 is 0 Å². The van der Waals surface area contributed by atoms with E-state index < -0.39 is 5.97 Å². The maximum atomic E-state index is 10.8. The van der Waals surface area contributed by atoms with Crippen molar-refractivity contribution in [2.45, 2.75) is 64.7 Å². The Labute approximate surface area is 166 Å². The fourth-order valence-electron chi connectivity index (χ4n) is 2.28. The molecule has 0 amide bonds. The van der Waals surface area contributed by atoms with Crippen molar-refractivity contribution in [2.24, 2.45) is 0 Å². The summed E-state index contributed by atoms with van der Waals surface area (Å²) < 4.78 is 4.69. The number of allylic oxidation sites excluding steroid dienone is 11. The molecule has 0 aromatic carbocycles. The van der Waals surface area contributed by atoms with Gasteiger partial charge in [-0.25, -0.2) is 4.79 Å². The van der Waals surface area contributed by atoms with E-state index in [0.29, 0.717) is 0 Å². The van der Waals surface area contributed by atoms with Gasteiger partial charge in [0.25, 0.3) is 0 Å². The van der Waals surface area contributed by atoms with Gasteiger partial charge in [-0.3, -0.25) is 0 Å². The van der Waals surface area contributed by atoms with E-state index in [1.807, 2.05) is 36.5 Å². The second-order valence-electron chi connectivity index (χ2n) is 6.20. The van der Waals surface area contributed by atoms with Crippen molar-refractivity contribution < 1.29 is 9.53 Å². The third kappa shape index (κ3) is 21.6. The van der Waals surface area contributed by atoms with Crippen LogP contribution in [0.1, 0.15) is 64.7 Å². The number of hydrogen-bond acceptors (Lipinski definition) is 2. The zero-order valence-corrected chi connectivity index (χ0v) is 16.9. The number of rotatable bonds is 16. The van der Waals surface area contributed by atoms with Crippen LogP contribution in [0.4, 0.5) is 0 Å². The van der Waals surface area contributed by atoms with Crippen LogP contribution in [0.15, 0.2) is 85.8 Å². The van der Waals surface area contributed by atoms with Gasteiger partial charge in [-0.05, 0) is 18.9 Å². The number of unbranched alkanes of at least 4 members (excludes halogenated alkanes) is 8. The van der Waals surface area contributed by atoms with E-state index in [4.69, 9.17) is 0 Å². The molecule has 2 nitrogen and oxygen atoms in total. The van der Waals surface area contributed by atoms with E-state index in [0.717, 1.165) is 6.08 Å². The second-order valence-corrected chi connectivity index (χ2v) is 6.20. The molecule has 0 aliphatic heterocycles. The average molecular weight is 369 g/mol. The summed E-state index contributed by atoms with van der Waals surface area (Å²) in [6, 6.07) is 0. The largest absolute Gasteiger partial charge is 0.431 e. The fourth-order valence-corrected chi connectivity index (χ4v) is 2.28. The minimum atomic E-state index is -0.461.